The van der Waals surface area contributed by atoms with Crippen LogP contribution >= 0.6 is 11.6 Å². The minimum absolute atomic E-state index is 0.146. The predicted molar refractivity (Wildman–Crippen MR) is 87.3 cm³/mol. The van der Waals surface area contributed by atoms with Crippen molar-refractivity contribution in [3.8, 4) is 11.4 Å². The van der Waals surface area contributed by atoms with Gasteiger partial charge in [0.2, 0.25) is 11.7 Å². The Balaban J connectivity index is 1.99. The van der Waals surface area contributed by atoms with Crippen LogP contribution in [0, 0.1) is 5.92 Å². The highest BCUT2D eigenvalue weighted by Gasteiger charge is 2.21. The lowest BCUT2D eigenvalue weighted by molar-refractivity contribution is -0.142. The number of carbonyl (C=O) groups excluding carboxylic acids is 1. The molecule has 128 valence electrons. The highest BCUT2D eigenvalue weighted by Crippen LogP contribution is 2.16. The van der Waals surface area contributed by atoms with Crippen molar-refractivity contribution in [1.82, 2.24) is 25.5 Å². The van der Waals surface area contributed by atoms with E-state index in [4.69, 9.17) is 16.7 Å². The Morgan fingerprint density at radius 3 is 2.54 bits per heavy atom. The number of rotatable bonds is 7. The minimum Gasteiger partial charge on any atom is -0.480 e. The van der Waals surface area contributed by atoms with Gasteiger partial charge in [0.25, 0.3) is 0 Å². The molecule has 1 aromatic carbocycles. The fourth-order valence-electron chi connectivity index (χ4n) is 2.09. The summed E-state index contributed by atoms with van der Waals surface area (Å²) in [6.45, 7) is 3.57. The van der Waals surface area contributed by atoms with Crippen molar-refractivity contribution in [2.75, 3.05) is 0 Å². The molecule has 2 N–H and O–H groups in total. The zero-order valence-electron chi connectivity index (χ0n) is 13.3. The lowest BCUT2D eigenvalue weighted by atomic mass is 10.0. The van der Waals surface area contributed by atoms with Gasteiger partial charge in [-0.25, -0.2) is 4.79 Å². The first-order chi connectivity index (χ1) is 11.3. The van der Waals surface area contributed by atoms with Crippen molar-refractivity contribution in [2.24, 2.45) is 5.92 Å². The monoisotopic (exact) mass is 351 g/mol. The lowest BCUT2D eigenvalue weighted by Gasteiger charge is -2.16. The quantitative estimate of drug-likeness (QED) is 0.784. The van der Waals surface area contributed by atoms with Crippen molar-refractivity contribution in [1.29, 1.82) is 0 Å². The zero-order valence-corrected chi connectivity index (χ0v) is 14.1. The maximum absolute atomic E-state index is 12.0. The van der Waals surface area contributed by atoms with E-state index in [-0.39, 0.29) is 12.5 Å². The number of hydrogen-bond donors (Lipinski definition) is 2. The second-order valence-electron chi connectivity index (χ2n) is 5.74. The molecule has 0 aliphatic rings. The highest BCUT2D eigenvalue weighted by molar-refractivity contribution is 6.30. The van der Waals surface area contributed by atoms with E-state index in [1.165, 1.54) is 0 Å². The normalized spacial score (nSPS) is 12.2. The molecular weight excluding hydrogens is 334 g/mol. The van der Waals surface area contributed by atoms with Crippen molar-refractivity contribution in [3.63, 3.8) is 0 Å². The summed E-state index contributed by atoms with van der Waals surface area (Å²) in [5, 5.41) is 24.0. The average Bonchev–Trinajstić information content (AvgIpc) is 2.95. The molecule has 1 atom stereocenters. The van der Waals surface area contributed by atoms with E-state index in [0.29, 0.717) is 22.8 Å². The molecule has 0 bridgehead atoms. The molecule has 0 radical (unpaired) electrons. The standard InChI is InChI=1S/C15H18ClN5O3/c1-9(2)7-12(15(23)24)17-13(22)8-21-19-14(18-20-21)10-3-5-11(16)6-4-10/h3-6,9,12H,7-8H2,1-2H3,(H,17,22)(H,23,24)/t12-/m1/s1. The van der Waals surface area contributed by atoms with Gasteiger partial charge in [0.15, 0.2) is 0 Å². The molecule has 0 unspecified atom stereocenters. The van der Waals surface area contributed by atoms with Crippen molar-refractivity contribution in [2.45, 2.75) is 32.9 Å². The molecule has 1 aromatic heterocycles. The molecule has 1 heterocycles. The molecule has 2 aromatic rings. The summed E-state index contributed by atoms with van der Waals surface area (Å²) in [6, 6.07) is 5.96. The summed E-state index contributed by atoms with van der Waals surface area (Å²) >= 11 is 5.82. The predicted octanol–water partition coefficient (Wildman–Crippen LogP) is 1.61. The van der Waals surface area contributed by atoms with Gasteiger partial charge in [0.1, 0.15) is 12.6 Å². The summed E-state index contributed by atoms with van der Waals surface area (Å²) in [6.07, 6.45) is 0.349. The average molecular weight is 352 g/mol. The van der Waals surface area contributed by atoms with Crippen molar-refractivity contribution in [3.05, 3.63) is 29.3 Å². The molecule has 0 aliphatic heterocycles. The number of carboxylic acid groups (broad SMARTS) is 1. The van der Waals surface area contributed by atoms with E-state index < -0.39 is 17.9 Å². The summed E-state index contributed by atoms with van der Waals surface area (Å²) in [7, 11) is 0. The van der Waals surface area contributed by atoms with Crippen LogP contribution < -0.4 is 5.32 Å². The molecule has 1 amide bonds. The van der Waals surface area contributed by atoms with E-state index in [1.54, 1.807) is 24.3 Å². The van der Waals surface area contributed by atoms with Crippen LogP contribution in [0.5, 0.6) is 0 Å². The topological polar surface area (TPSA) is 110 Å². The number of aromatic nitrogens is 4. The first-order valence-corrected chi connectivity index (χ1v) is 7.79. The number of halogens is 1. The molecule has 0 spiro atoms. The molecular formula is C15H18ClN5O3. The van der Waals surface area contributed by atoms with E-state index >= 15 is 0 Å². The third-order valence-electron chi connectivity index (χ3n) is 3.18. The van der Waals surface area contributed by atoms with Crippen LogP contribution in [-0.4, -0.2) is 43.2 Å². The van der Waals surface area contributed by atoms with Gasteiger partial charge in [0, 0.05) is 10.6 Å². The summed E-state index contributed by atoms with van der Waals surface area (Å²) in [5.74, 6) is -1.04. The lowest BCUT2D eigenvalue weighted by Crippen LogP contribution is -2.43. The van der Waals surface area contributed by atoms with Gasteiger partial charge in [-0.15, -0.1) is 10.2 Å². The van der Waals surface area contributed by atoms with Crippen LogP contribution in [0.15, 0.2) is 24.3 Å². The van der Waals surface area contributed by atoms with Crippen LogP contribution in [0.2, 0.25) is 5.02 Å². The Hall–Kier alpha value is -2.48. The second kappa shape index (κ2) is 7.87. The van der Waals surface area contributed by atoms with Crippen LogP contribution in [0.25, 0.3) is 11.4 Å². The third kappa shape index (κ3) is 5.02. The number of nitrogens with zero attached hydrogens (tertiary/aromatic N) is 4. The number of carboxylic acids is 1. The first kappa shape index (κ1) is 17.9. The fourth-order valence-corrected chi connectivity index (χ4v) is 2.21. The third-order valence-corrected chi connectivity index (χ3v) is 3.43. The Bertz CT molecular complexity index is 714. The van der Waals surface area contributed by atoms with Gasteiger partial charge < -0.3 is 10.4 Å². The van der Waals surface area contributed by atoms with E-state index in [9.17, 15) is 9.59 Å². The number of nitrogens with one attached hydrogen (secondary N) is 1. The fraction of sp³-hybridized carbons (Fsp3) is 0.400. The van der Waals surface area contributed by atoms with Gasteiger partial charge in [-0.2, -0.15) is 4.80 Å². The molecule has 9 heteroatoms. The number of carbonyl (C=O) groups is 2. The Labute approximate surface area is 143 Å². The number of hydrogen-bond acceptors (Lipinski definition) is 5. The maximum Gasteiger partial charge on any atom is 0.326 e. The molecule has 24 heavy (non-hydrogen) atoms. The van der Waals surface area contributed by atoms with E-state index in [1.807, 2.05) is 13.8 Å². The van der Waals surface area contributed by atoms with Crippen molar-refractivity contribution < 1.29 is 14.7 Å². The largest absolute Gasteiger partial charge is 0.480 e. The zero-order chi connectivity index (χ0) is 17.7. The molecule has 0 fully saturated rings. The van der Waals surface area contributed by atoms with Crippen LogP contribution in [-0.2, 0) is 16.1 Å². The van der Waals surface area contributed by atoms with E-state index in [2.05, 4.69) is 20.7 Å². The molecule has 0 saturated heterocycles. The summed E-state index contributed by atoms with van der Waals surface area (Å²) in [4.78, 5) is 24.3. The first-order valence-electron chi connectivity index (χ1n) is 7.41. The van der Waals surface area contributed by atoms with Crippen LogP contribution in [0.3, 0.4) is 0 Å². The summed E-state index contributed by atoms with van der Waals surface area (Å²) in [5.41, 5.74) is 0.717. The van der Waals surface area contributed by atoms with Crippen LogP contribution in [0.4, 0.5) is 0 Å². The van der Waals surface area contributed by atoms with Gasteiger partial charge >= 0.3 is 5.97 Å². The molecule has 2 rings (SSSR count). The van der Waals surface area contributed by atoms with Crippen molar-refractivity contribution >= 4 is 23.5 Å². The van der Waals surface area contributed by atoms with E-state index in [0.717, 1.165) is 4.80 Å². The number of tetrazole rings is 1. The summed E-state index contributed by atoms with van der Waals surface area (Å²) < 4.78 is 0. The molecule has 8 nitrogen and oxygen atoms in total. The Morgan fingerprint density at radius 2 is 1.96 bits per heavy atom. The second-order valence-corrected chi connectivity index (χ2v) is 6.17. The van der Waals surface area contributed by atoms with Gasteiger partial charge in [-0.1, -0.05) is 25.4 Å². The number of amides is 1. The Morgan fingerprint density at radius 1 is 1.29 bits per heavy atom. The minimum atomic E-state index is -1.06. The SMILES string of the molecule is CC(C)C[C@@H](NC(=O)Cn1nnc(-c2ccc(Cl)cc2)n1)C(=O)O. The van der Waals surface area contributed by atoms with Gasteiger partial charge in [-0.3, -0.25) is 4.79 Å². The molecule has 0 saturated carbocycles. The molecule has 0 aliphatic carbocycles. The maximum atomic E-state index is 12.0. The van der Waals surface area contributed by atoms with Crippen LogP contribution in [0.1, 0.15) is 20.3 Å². The smallest absolute Gasteiger partial charge is 0.326 e. The van der Waals surface area contributed by atoms with Gasteiger partial charge in [0.05, 0.1) is 0 Å². The number of benzene rings is 1. The van der Waals surface area contributed by atoms with Gasteiger partial charge in [-0.05, 0) is 41.8 Å². The number of aliphatic carboxylic acids is 1. The highest BCUT2D eigenvalue weighted by atomic mass is 35.5. The Kier molecular flexibility index (Phi) is 5.86.